The van der Waals surface area contributed by atoms with Crippen molar-refractivity contribution in [2.45, 2.75) is 10.6 Å². The molecule has 1 aromatic carbocycles. The molecule has 0 aliphatic carbocycles. The van der Waals surface area contributed by atoms with Crippen molar-refractivity contribution in [1.82, 2.24) is 9.80 Å². The highest BCUT2D eigenvalue weighted by Crippen LogP contribution is 2.19. The van der Waals surface area contributed by atoms with Crippen molar-refractivity contribution in [3.8, 4) is 0 Å². The third-order valence-electron chi connectivity index (χ3n) is 4.79. The van der Waals surface area contributed by atoms with E-state index in [9.17, 15) is 13.8 Å². The van der Waals surface area contributed by atoms with Gasteiger partial charge in [0, 0.05) is 36.1 Å². The number of rotatable bonds is 5. The zero-order valence-corrected chi connectivity index (χ0v) is 17.5. The first-order chi connectivity index (χ1) is 14.5. The van der Waals surface area contributed by atoms with E-state index in [0.717, 1.165) is 0 Å². The molecule has 3 aromatic rings. The van der Waals surface area contributed by atoms with Gasteiger partial charge in [0.1, 0.15) is 5.76 Å². The van der Waals surface area contributed by atoms with Gasteiger partial charge in [-0.25, -0.2) is 0 Å². The zero-order valence-electron chi connectivity index (χ0n) is 16.0. The molecule has 0 N–H and O–H groups in total. The van der Waals surface area contributed by atoms with Crippen molar-refractivity contribution in [1.29, 1.82) is 0 Å². The second-order valence-electron chi connectivity index (χ2n) is 6.77. The van der Waals surface area contributed by atoms with Crippen molar-refractivity contribution >= 4 is 34.2 Å². The van der Waals surface area contributed by atoms with Crippen molar-refractivity contribution in [2.24, 2.45) is 0 Å². The Labute approximate surface area is 180 Å². The van der Waals surface area contributed by atoms with E-state index in [1.807, 2.05) is 0 Å². The normalized spacial score (nSPS) is 15.2. The third kappa shape index (κ3) is 4.49. The van der Waals surface area contributed by atoms with Gasteiger partial charge >= 0.3 is 0 Å². The molecule has 1 aliphatic heterocycles. The molecule has 3 heterocycles. The highest BCUT2D eigenvalue weighted by Gasteiger charge is 2.28. The number of amides is 2. The van der Waals surface area contributed by atoms with Gasteiger partial charge in [-0.3, -0.25) is 13.8 Å². The van der Waals surface area contributed by atoms with Gasteiger partial charge in [-0.1, -0.05) is 17.7 Å². The number of hydrogen-bond donors (Lipinski definition) is 0. The molecular weight excluding hydrogens is 428 g/mol. The van der Waals surface area contributed by atoms with Gasteiger partial charge in [-0.05, 0) is 42.5 Å². The number of piperazine rings is 1. The van der Waals surface area contributed by atoms with Gasteiger partial charge in [0.2, 0.25) is 0 Å². The number of halogens is 1. The van der Waals surface area contributed by atoms with Crippen LogP contribution in [0.1, 0.15) is 26.9 Å². The van der Waals surface area contributed by atoms with E-state index >= 15 is 0 Å². The van der Waals surface area contributed by atoms with Crippen molar-refractivity contribution in [2.75, 3.05) is 26.2 Å². The highest BCUT2D eigenvalue weighted by atomic mass is 35.5. The molecule has 1 saturated heterocycles. The van der Waals surface area contributed by atoms with Crippen molar-refractivity contribution in [3.63, 3.8) is 0 Å². The predicted octanol–water partition coefficient (Wildman–Crippen LogP) is 3.43. The Kier molecular flexibility index (Phi) is 6.06. The SMILES string of the molecule is O=C(c1ccco1)N1CCN(C(=O)c2ccc(C[S@@](=O)c3cccc(Cl)c3)o2)CC1. The maximum atomic E-state index is 12.7. The molecule has 156 valence electrons. The Morgan fingerprint density at radius 3 is 2.27 bits per heavy atom. The highest BCUT2D eigenvalue weighted by molar-refractivity contribution is 7.84. The molecule has 7 nitrogen and oxygen atoms in total. The number of benzene rings is 1. The number of nitrogens with zero attached hydrogens (tertiary/aromatic N) is 2. The Hall–Kier alpha value is -2.84. The van der Waals surface area contributed by atoms with Crippen LogP contribution in [0.2, 0.25) is 5.02 Å². The molecule has 0 bridgehead atoms. The summed E-state index contributed by atoms with van der Waals surface area (Å²) >= 11 is 5.94. The molecule has 2 aromatic heterocycles. The number of hydrogen-bond acceptors (Lipinski definition) is 5. The van der Waals surface area contributed by atoms with Crippen LogP contribution in [0.3, 0.4) is 0 Å². The topological polar surface area (TPSA) is 84.0 Å². The second kappa shape index (κ2) is 8.89. The molecule has 0 spiro atoms. The van der Waals surface area contributed by atoms with Crippen LogP contribution in [0.5, 0.6) is 0 Å². The summed E-state index contributed by atoms with van der Waals surface area (Å²) in [6.07, 6.45) is 1.46. The van der Waals surface area contributed by atoms with Crippen LogP contribution in [-0.2, 0) is 16.6 Å². The molecule has 1 aliphatic rings. The van der Waals surface area contributed by atoms with Crippen molar-refractivity contribution in [3.05, 3.63) is 77.1 Å². The molecule has 9 heteroatoms. The lowest BCUT2D eigenvalue weighted by atomic mass is 10.2. The average Bonchev–Trinajstić information content (AvgIpc) is 3.45. The van der Waals surface area contributed by atoms with Gasteiger partial charge in [0.25, 0.3) is 11.8 Å². The summed E-state index contributed by atoms with van der Waals surface area (Å²) in [4.78, 5) is 29.0. The number of carbonyl (C=O) groups is 2. The standard InChI is InChI=1S/C21H19ClN2O5S/c22-15-3-1-4-17(13-15)30(27)14-16-6-7-19(29-16)21(26)24-10-8-23(9-11-24)20(25)18-5-2-12-28-18/h1-7,12-13H,8-11,14H2/t30-/m1/s1. The molecule has 1 atom stereocenters. The lowest BCUT2D eigenvalue weighted by molar-refractivity contribution is 0.0501. The number of furan rings is 2. The van der Waals surface area contributed by atoms with Gasteiger partial charge in [-0.15, -0.1) is 0 Å². The quantitative estimate of drug-likeness (QED) is 0.599. The Morgan fingerprint density at radius 2 is 1.63 bits per heavy atom. The van der Waals surface area contributed by atoms with E-state index in [-0.39, 0.29) is 29.1 Å². The molecule has 2 amide bonds. The molecule has 0 saturated carbocycles. The van der Waals surface area contributed by atoms with E-state index in [1.165, 1.54) is 6.26 Å². The van der Waals surface area contributed by atoms with Crippen LogP contribution in [0.4, 0.5) is 0 Å². The fourth-order valence-corrected chi connectivity index (χ4v) is 4.54. The van der Waals surface area contributed by atoms with Crippen LogP contribution in [-0.4, -0.2) is 52.0 Å². The first kappa shape index (κ1) is 20.4. The van der Waals surface area contributed by atoms with E-state index in [1.54, 1.807) is 58.3 Å². The molecule has 4 rings (SSSR count). The smallest absolute Gasteiger partial charge is 0.289 e. The third-order valence-corrected chi connectivity index (χ3v) is 6.35. The van der Waals surface area contributed by atoms with Gasteiger partial charge < -0.3 is 18.6 Å². The fourth-order valence-electron chi connectivity index (χ4n) is 3.22. The summed E-state index contributed by atoms with van der Waals surface area (Å²) in [5, 5.41) is 0.515. The van der Waals surface area contributed by atoms with Gasteiger partial charge in [0.05, 0.1) is 22.8 Å². The summed E-state index contributed by atoms with van der Waals surface area (Å²) in [6.45, 7) is 1.63. The van der Waals surface area contributed by atoms with E-state index in [4.69, 9.17) is 20.4 Å². The molecule has 30 heavy (non-hydrogen) atoms. The lowest BCUT2D eigenvalue weighted by Gasteiger charge is -2.33. The minimum absolute atomic E-state index is 0.152. The van der Waals surface area contributed by atoms with Gasteiger partial charge in [0.15, 0.2) is 11.5 Å². The molecule has 1 fully saturated rings. The summed E-state index contributed by atoms with van der Waals surface area (Å²) in [5.74, 6) is 0.662. The minimum Gasteiger partial charge on any atom is -0.459 e. The van der Waals surface area contributed by atoms with Crippen molar-refractivity contribution < 1.29 is 22.6 Å². The minimum atomic E-state index is -1.33. The average molecular weight is 447 g/mol. The maximum absolute atomic E-state index is 12.7. The fraction of sp³-hybridized carbons (Fsp3) is 0.238. The Morgan fingerprint density at radius 1 is 0.933 bits per heavy atom. The molecule has 0 radical (unpaired) electrons. The first-order valence-electron chi connectivity index (χ1n) is 9.36. The maximum Gasteiger partial charge on any atom is 0.289 e. The van der Waals surface area contributed by atoms with E-state index < -0.39 is 10.8 Å². The van der Waals surface area contributed by atoms with E-state index in [0.29, 0.717) is 41.9 Å². The second-order valence-corrected chi connectivity index (χ2v) is 8.66. The lowest BCUT2D eigenvalue weighted by Crippen LogP contribution is -2.50. The predicted molar refractivity (Wildman–Crippen MR) is 111 cm³/mol. The largest absolute Gasteiger partial charge is 0.459 e. The van der Waals surface area contributed by atoms with Crippen LogP contribution in [0.15, 0.2) is 68.5 Å². The monoisotopic (exact) mass is 446 g/mol. The Bertz CT molecular complexity index is 1070. The molecular formula is C21H19ClN2O5S. The Balaban J connectivity index is 1.34. The van der Waals surface area contributed by atoms with Gasteiger partial charge in [-0.2, -0.15) is 0 Å². The van der Waals surface area contributed by atoms with Crippen LogP contribution in [0, 0.1) is 0 Å². The first-order valence-corrected chi connectivity index (χ1v) is 11.1. The summed E-state index contributed by atoms with van der Waals surface area (Å²) in [5.41, 5.74) is 0. The summed E-state index contributed by atoms with van der Waals surface area (Å²) in [6, 6.07) is 13.4. The summed E-state index contributed by atoms with van der Waals surface area (Å²) < 4.78 is 23.3. The summed E-state index contributed by atoms with van der Waals surface area (Å²) in [7, 11) is -1.33. The van der Waals surface area contributed by atoms with Crippen LogP contribution < -0.4 is 0 Å². The zero-order chi connectivity index (χ0) is 21.1. The van der Waals surface area contributed by atoms with Crippen LogP contribution in [0.25, 0.3) is 0 Å². The van der Waals surface area contributed by atoms with Crippen LogP contribution >= 0.6 is 11.6 Å². The molecule has 0 unspecified atom stereocenters. The van der Waals surface area contributed by atoms with E-state index in [2.05, 4.69) is 0 Å². The number of carbonyl (C=O) groups excluding carboxylic acids is 2.